The van der Waals surface area contributed by atoms with Gasteiger partial charge in [0.25, 0.3) is 0 Å². The van der Waals surface area contributed by atoms with Gasteiger partial charge in [0.2, 0.25) is 0 Å². The van der Waals surface area contributed by atoms with Gasteiger partial charge in [0, 0.05) is 6.20 Å². The molecule has 5 nitrogen and oxygen atoms in total. The Balaban J connectivity index is 3.35. The van der Waals surface area contributed by atoms with Gasteiger partial charge in [-0.25, -0.2) is 4.79 Å². The molecule has 1 heterocycles. The predicted octanol–water partition coefficient (Wildman–Crippen LogP) is 2.08. The number of pyridine rings is 1. The molecule has 0 spiro atoms. The minimum Gasteiger partial charge on any atom is -0.492 e. The van der Waals surface area contributed by atoms with Gasteiger partial charge in [-0.2, -0.15) is 0 Å². The second-order valence-corrected chi connectivity index (χ2v) is 3.16. The van der Waals surface area contributed by atoms with Gasteiger partial charge in [-0.3, -0.25) is 4.98 Å². The van der Waals surface area contributed by atoms with Crippen molar-refractivity contribution >= 4 is 5.97 Å². The van der Waals surface area contributed by atoms with E-state index < -0.39 is 18.1 Å². The van der Waals surface area contributed by atoms with E-state index >= 15 is 0 Å². The molecular weight excluding hydrogens is 255 g/mol. The van der Waals surface area contributed by atoms with Crippen molar-refractivity contribution in [2.24, 2.45) is 0 Å². The first-order chi connectivity index (χ1) is 8.30. The summed E-state index contributed by atoms with van der Waals surface area (Å²) in [5, 5.41) is 0. The topological polar surface area (TPSA) is 57.7 Å². The number of methoxy groups -OCH3 is 2. The smallest absolute Gasteiger partial charge is 0.492 e. The Morgan fingerprint density at radius 1 is 1.28 bits per heavy atom. The third-order valence-corrected chi connectivity index (χ3v) is 1.99. The number of carbonyl (C=O) groups excluding carboxylic acids is 1. The summed E-state index contributed by atoms with van der Waals surface area (Å²) in [6.07, 6.45) is -3.85. The highest BCUT2D eigenvalue weighted by molar-refractivity contribution is 5.93. The van der Waals surface area contributed by atoms with E-state index in [-0.39, 0.29) is 17.0 Å². The second-order valence-electron chi connectivity index (χ2n) is 3.16. The van der Waals surface area contributed by atoms with E-state index in [1.807, 2.05) is 0 Å². The van der Waals surface area contributed by atoms with Crippen LogP contribution in [0.4, 0.5) is 13.2 Å². The summed E-state index contributed by atoms with van der Waals surface area (Å²) < 4.78 is 49.7. The molecule has 0 aliphatic heterocycles. The van der Waals surface area contributed by atoms with Crippen molar-refractivity contribution in [2.75, 3.05) is 14.2 Å². The molecule has 0 atom stereocenters. The average molecular weight is 265 g/mol. The quantitative estimate of drug-likeness (QED) is 0.783. The van der Waals surface area contributed by atoms with Gasteiger partial charge in [0.05, 0.1) is 19.9 Å². The van der Waals surface area contributed by atoms with Crippen LogP contribution in [0.1, 0.15) is 16.1 Å². The summed E-state index contributed by atoms with van der Waals surface area (Å²) in [4.78, 5) is 15.0. The maximum absolute atomic E-state index is 12.2. The molecule has 0 fully saturated rings. The number of halogens is 3. The van der Waals surface area contributed by atoms with Crippen LogP contribution < -0.4 is 9.47 Å². The van der Waals surface area contributed by atoms with Gasteiger partial charge in [-0.15, -0.1) is 13.2 Å². The van der Waals surface area contributed by atoms with Crippen LogP contribution >= 0.6 is 0 Å². The lowest BCUT2D eigenvalue weighted by Crippen LogP contribution is -2.19. The third kappa shape index (κ3) is 3.02. The van der Waals surface area contributed by atoms with E-state index in [1.54, 1.807) is 0 Å². The lowest BCUT2D eigenvalue weighted by Gasteiger charge is -2.16. The zero-order valence-electron chi connectivity index (χ0n) is 9.79. The highest BCUT2D eigenvalue weighted by Crippen LogP contribution is 2.37. The standard InChI is InChI=1S/C10H10F3NO4/c1-5-7(18-10(11,12)13)8(16-2)6(4-14-5)9(15)17-3/h4H,1-3H3. The van der Waals surface area contributed by atoms with Crippen molar-refractivity contribution in [3.63, 3.8) is 0 Å². The van der Waals surface area contributed by atoms with Crippen molar-refractivity contribution in [3.8, 4) is 11.5 Å². The lowest BCUT2D eigenvalue weighted by molar-refractivity contribution is -0.275. The van der Waals surface area contributed by atoms with E-state index in [9.17, 15) is 18.0 Å². The van der Waals surface area contributed by atoms with Gasteiger partial charge >= 0.3 is 12.3 Å². The fourth-order valence-electron chi connectivity index (χ4n) is 1.26. The van der Waals surface area contributed by atoms with Crippen LogP contribution in [-0.4, -0.2) is 31.5 Å². The summed E-state index contributed by atoms with van der Waals surface area (Å²) >= 11 is 0. The Bertz CT molecular complexity index is 459. The molecule has 0 saturated heterocycles. The molecule has 0 N–H and O–H groups in total. The van der Waals surface area contributed by atoms with Gasteiger partial charge in [0.15, 0.2) is 11.5 Å². The van der Waals surface area contributed by atoms with E-state index in [2.05, 4.69) is 14.5 Å². The maximum atomic E-state index is 12.2. The minimum absolute atomic E-state index is 0.0585. The molecule has 0 saturated carbocycles. The van der Waals surface area contributed by atoms with E-state index in [4.69, 9.17) is 4.74 Å². The number of nitrogens with zero attached hydrogens (tertiary/aromatic N) is 1. The average Bonchev–Trinajstić information content (AvgIpc) is 2.29. The van der Waals surface area contributed by atoms with Crippen LogP contribution in [0.25, 0.3) is 0 Å². The predicted molar refractivity (Wildman–Crippen MR) is 53.5 cm³/mol. The Morgan fingerprint density at radius 3 is 2.33 bits per heavy atom. The lowest BCUT2D eigenvalue weighted by atomic mass is 10.2. The Labute approximate surface area is 100 Å². The molecule has 0 radical (unpaired) electrons. The van der Waals surface area contributed by atoms with Crippen LogP contribution in [0.2, 0.25) is 0 Å². The number of hydrogen-bond acceptors (Lipinski definition) is 5. The first-order valence-corrected chi connectivity index (χ1v) is 4.67. The van der Waals surface area contributed by atoms with Crippen molar-refractivity contribution in [2.45, 2.75) is 13.3 Å². The molecule has 0 aliphatic rings. The van der Waals surface area contributed by atoms with Crippen molar-refractivity contribution in [3.05, 3.63) is 17.5 Å². The molecule has 0 aromatic carbocycles. The monoisotopic (exact) mass is 265 g/mol. The minimum atomic E-state index is -4.91. The van der Waals surface area contributed by atoms with Crippen molar-refractivity contribution < 1.29 is 32.2 Å². The van der Waals surface area contributed by atoms with Crippen LogP contribution in [0, 0.1) is 6.92 Å². The van der Waals surface area contributed by atoms with Gasteiger partial charge in [-0.05, 0) is 6.92 Å². The number of alkyl halides is 3. The van der Waals surface area contributed by atoms with Crippen molar-refractivity contribution in [1.29, 1.82) is 0 Å². The molecular formula is C10H10F3NO4. The number of ether oxygens (including phenoxy) is 3. The van der Waals surface area contributed by atoms with Crippen LogP contribution in [0.3, 0.4) is 0 Å². The summed E-state index contributed by atoms with van der Waals surface area (Å²) in [6.45, 7) is 1.30. The van der Waals surface area contributed by atoms with Crippen LogP contribution in [-0.2, 0) is 4.74 Å². The number of hydrogen-bond donors (Lipinski definition) is 0. The van der Waals surface area contributed by atoms with Gasteiger partial charge < -0.3 is 14.2 Å². The zero-order chi connectivity index (χ0) is 13.9. The molecule has 0 aliphatic carbocycles. The molecule has 100 valence electrons. The number of aromatic nitrogens is 1. The normalized spacial score (nSPS) is 11.0. The Hall–Kier alpha value is -1.99. The molecule has 18 heavy (non-hydrogen) atoms. The van der Waals surface area contributed by atoms with Gasteiger partial charge in [0.1, 0.15) is 5.56 Å². The Kier molecular flexibility index (Phi) is 4.00. The SMILES string of the molecule is COC(=O)c1cnc(C)c(OC(F)(F)F)c1OC. The Morgan fingerprint density at radius 2 is 1.89 bits per heavy atom. The van der Waals surface area contributed by atoms with Crippen LogP contribution in [0.5, 0.6) is 11.5 Å². The molecule has 0 amide bonds. The van der Waals surface area contributed by atoms with E-state index in [1.165, 1.54) is 6.92 Å². The fourth-order valence-corrected chi connectivity index (χ4v) is 1.26. The molecule has 1 aromatic heterocycles. The summed E-state index contributed by atoms with van der Waals surface area (Å²) in [5.74, 6) is -1.90. The first-order valence-electron chi connectivity index (χ1n) is 4.67. The molecule has 0 unspecified atom stereocenters. The third-order valence-electron chi connectivity index (χ3n) is 1.99. The summed E-state index contributed by atoms with van der Waals surface area (Å²) in [6, 6.07) is 0. The van der Waals surface area contributed by atoms with E-state index in [0.29, 0.717) is 0 Å². The molecule has 0 bridgehead atoms. The first kappa shape index (κ1) is 14.1. The van der Waals surface area contributed by atoms with E-state index in [0.717, 1.165) is 20.4 Å². The van der Waals surface area contributed by atoms with Crippen LogP contribution in [0.15, 0.2) is 6.20 Å². The number of esters is 1. The zero-order valence-corrected chi connectivity index (χ0v) is 9.79. The molecule has 1 aromatic rings. The maximum Gasteiger partial charge on any atom is 0.573 e. The summed E-state index contributed by atoms with van der Waals surface area (Å²) in [7, 11) is 2.20. The number of carbonyl (C=O) groups is 1. The molecule has 8 heteroatoms. The number of rotatable bonds is 3. The summed E-state index contributed by atoms with van der Waals surface area (Å²) in [5.41, 5.74) is -0.304. The van der Waals surface area contributed by atoms with Gasteiger partial charge in [-0.1, -0.05) is 0 Å². The van der Waals surface area contributed by atoms with Crippen molar-refractivity contribution in [1.82, 2.24) is 4.98 Å². The highest BCUT2D eigenvalue weighted by atomic mass is 19.4. The second kappa shape index (κ2) is 5.11. The molecule has 1 rings (SSSR count). The largest absolute Gasteiger partial charge is 0.573 e. The fraction of sp³-hybridized carbons (Fsp3) is 0.400. The number of aryl methyl sites for hydroxylation is 1. The highest BCUT2D eigenvalue weighted by Gasteiger charge is 2.35.